The van der Waals surface area contributed by atoms with Crippen molar-refractivity contribution in [1.29, 1.82) is 0 Å². The molecule has 1 amide bonds. The van der Waals surface area contributed by atoms with Crippen molar-refractivity contribution in [1.82, 2.24) is 4.90 Å². The molecule has 4 rings (SSSR count). The molecule has 0 spiro atoms. The smallest absolute Gasteiger partial charge is 0.264 e. The van der Waals surface area contributed by atoms with Crippen molar-refractivity contribution in [3.63, 3.8) is 0 Å². The second kappa shape index (κ2) is 8.55. The van der Waals surface area contributed by atoms with Crippen molar-refractivity contribution in [3.8, 4) is 11.5 Å². The zero-order valence-corrected chi connectivity index (χ0v) is 17.8. The minimum atomic E-state index is -3.94. The number of hydrogen-bond donors (Lipinski definition) is 0. The first kappa shape index (κ1) is 20.5. The molecule has 1 unspecified atom stereocenters. The summed E-state index contributed by atoms with van der Waals surface area (Å²) in [6.07, 6.45) is 2.01. The number of likely N-dealkylation sites (tertiary alicyclic amines) is 1. The number of hydrogen-bond acceptors (Lipinski definition) is 5. The molecule has 0 N–H and O–H groups in total. The van der Waals surface area contributed by atoms with Crippen LogP contribution in [-0.4, -0.2) is 52.1 Å². The van der Waals surface area contributed by atoms with Crippen LogP contribution in [0.25, 0.3) is 0 Å². The van der Waals surface area contributed by atoms with E-state index in [0.717, 1.165) is 12.8 Å². The van der Waals surface area contributed by atoms with Gasteiger partial charge in [0.05, 0.1) is 10.6 Å². The maximum Gasteiger partial charge on any atom is 0.264 e. The Bertz CT molecular complexity index is 1010. The maximum atomic E-state index is 13.5. The molecule has 160 valence electrons. The van der Waals surface area contributed by atoms with Gasteiger partial charge in [0, 0.05) is 19.2 Å². The van der Waals surface area contributed by atoms with Crippen molar-refractivity contribution in [2.24, 2.45) is 5.92 Å². The van der Waals surface area contributed by atoms with Gasteiger partial charge in [0.25, 0.3) is 10.0 Å². The number of nitrogens with zero attached hydrogens (tertiary/aromatic N) is 2. The van der Waals surface area contributed by atoms with Gasteiger partial charge in [0.2, 0.25) is 5.91 Å². The number of rotatable bonds is 5. The van der Waals surface area contributed by atoms with Crippen LogP contribution >= 0.6 is 0 Å². The SMILES string of the molecule is CC1CCCN(C(=O)CN(c2ccc3c(c2)OCCO3)S(=O)(=O)c2ccccc2)C1. The van der Waals surface area contributed by atoms with Crippen LogP contribution in [0.5, 0.6) is 11.5 Å². The molecule has 0 aliphatic carbocycles. The summed E-state index contributed by atoms with van der Waals surface area (Å²) < 4.78 is 39.3. The highest BCUT2D eigenvalue weighted by molar-refractivity contribution is 7.92. The molecular weight excluding hydrogens is 404 g/mol. The number of fused-ring (bicyclic) bond motifs is 1. The third kappa shape index (κ3) is 4.23. The second-order valence-corrected chi connectivity index (χ2v) is 9.60. The van der Waals surface area contributed by atoms with Crippen molar-refractivity contribution in [2.75, 3.05) is 37.2 Å². The summed E-state index contributed by atoms with van der Waals surface area (Å²) in [6, 6.07) is 13.1. The van der Waals surface area contributed by atoms with E-state index in [0.29, 0.717) is 49.4 Å². The van der Waals surface area contributed by atoms with E-state index >= 15 is 0 Å². The summed E-state index contributed by atoms with van der Waals surface area (Å²) in [4.78, 5) is 15.0. The van der Waals surface area contributed by atoms with Gasteiger partial charge in [0.15, 0.2) is 11.5 Å². The molecule has 1 atom stereocenters. The zero-order valence-electron chi connectivity index (χ0n) is 17.0. The fraction of sp³-hybridized carbons (Fsp3) is 0.409. The molecule has 1 saturated heterocycles. The summed E-state index contributed by atoms with van der Waals surface area (Å²) in [7, 11) is -3.94. The molecular formula is C22H26N2O5S. The zero-order chi connectivity index (χ0) is 21.1. The Hall–Kier alpha value is -2.74. The van der Waals surface area contributed by atoms with Gasteiger partial charge in [-0.2, -0.15) is 0 Å². The van der Waals surface area contributed by atoms with Crippen molar-refractivity contribution in [2.45, 2.75) is 24.7 Å². The highest BCUT2D eigenvalue weighted by atomic mass is 32.2. The number of ether oxygens (including phenoxy) is 2. The lowest BCUT2D eigenvalue weighted by atomic mass is 10.0. The van der Waals surface area contributed by atoms with E-state index < -0.39 is 10.0 Å². The average Bonchev–Trinajstić information content (AvgIpc) is 2.77. The van der Waals surface area contributed by atoms with Crippen LogP contribution in [-0.2, 0) is 14.8 Å². The molecule has 1 fully saturated rings. The lowest BCUT2D eigenvalue weighted by Crippen LogP contribution is -2.46. The van der Waals surface area contributed by atoms with Gasteiger partial charge >= 0.3 is 0 Å². The molecule has 2 aromatic carbocycles. The van der Waals surface area contributed by atoms with Crippen molar-refractivity contribution < 1.29 is 22.7 Å². The number of carbonyl (C=O) groups is 1. The minimum absolute atomic E-state index is 0.139. The van der Waals surface area contributed by atoms with E-state index in [1.54, 1.807) is 41.3 Å². The normalized spacial score (nSPS) is 18.7. The summed E-state index contributed by atoms with van der Waals surface area (Å²) in [6.45, 7) is 4.00. The summed E-state index contributed by atoms with van der Waals surface area (Å²) in [5.41, 5.74) is 0.376. The van der Waals surface area contributed by atoms with Crippen LogP contribution in [0.4, 0.5) is 5.69 Å². The van der Waals surface area contributed by atoms with Gasteiger partial charge in [-0.05, 0) is 43.0 Å². The maximum absolute atomic E-state index is 13.5. The number of sulfonamides is 1. The third-order valence-corrected chi connectivity index (χ3v) is 7.22. The summed E-state index contributed by atoms with van der Waals surface area (Å²) in [5.74, 6) is 1.26. The highest BCUT2D eigenvalue weighted by Gasteiger charge is 2.31. The van der Waals surface area contributed by atoms with E-state index in [9.17, 15) is 13.2 Å². The van der Waals surface area contributed by atoms with Crippen molar-refractivity contribution in [3.05, 3.63) is 48.5 Å². The lowest BCUT2D eigenvalue weighted by Gasteiger charge is -2.33. The van der Waals surface area contributed by atoms with Gasteiger partial charge in [0.1, 0.15) is 19.8 Å². The summed E-state index contributed by atoms with van der Waals surface area (Å²) >= 11 is 0. The van der Waals surface area contributed by atoms with Crippen LogP contribution in [0, 0.1) is 5.92 Å². The average molecular weight is 431 g/mol. The highest BCUT2D eigenvalue weighted by Crippen LogP contribution is 2.35. The molecule has 7 nitrogen and oxygen atoms in total. The van der Waals surface area contributed by atoms with E-state index in [1.807, 2.05) is 0 Å². The first-order chi connectivity index (χ1) is 14.4. The first-order valence-electron chi connectivity index (χ1n) is 10.2. The summed E-state index contributed by atoms with van der Waals surface area (Å²) in [5, 5.41) is 0. The van der Waals surface area contributed by atoms with Crippen LogP contribution in [0.2, 0.25) is 0 Å². The Kier molecular flexibility index (Phi) is 5.85. The van der Waals surface area contributed by atoms with Gasteiger partial charge in [-0.25, -0.2) is 8.42 Å². The molecule has 0 saturated carbocycles. The van der Waals surface area contributed by atoms with Gasteiger partial charge in [-0.3, -0.25) is 9.10 Å². The molecule has 8 heteroatoms. The molecule has 2 aromatic rings. The molecule has 30 heavy (non-hydrogen) atoms. The van der Waals surface area contributed by atoms with E-state index in [4.69, 9.17) is 9.47 Å². The quantitative estimate of drug-likeness (QED) is 0.729. The number of benzene rings is 2. The Morgan fingerprint density at radius 2 is 1.83 bits per heavy atom. The molecule has 0 radical (unpaired) electrons. The Labute approximate surface area is 177 Å². The van der Waals surface area contributed by atoms with Crippen LogP contribution in [0.15, 0.2) is 53.4 Å². The predicted octanol–water partition coefficient (Wildman–Crippen LogP) is 2.91. The Morgan fingerprint density at radius 1 is 1.10 bits per heavy atom. The molecule has 0 bridgehead atoms. The van der Waals surface area contributed by atoms with E-state index in [2.05, 4.69) is 6.92 Å². The number of carbonyl (C=O) groups excluding carboxylic acids is 1. The van der Waals surface area contributed by atoms with Gasteiger partial charge in [-0.1, -0.05) is 25.1 Å². The number of piperidine rings is 1. The predicted molar refractivity (Wildman–Crippen MR) is 113 cm³/mol. The minimum Gasteiger partial charge on any atom is -0.486 e. The second-order valence-electron chi connectivity index (χ2n) is 7.74. The molecule has 0 aromatic heterocycles. The molecule has 2 aliphatic rings. The van der Waals surface area contributed by atoms with E-state index in [-0.39, 0.29) is 17.3 Å². The van der Waals surface area contributed by atoms with Crippen LogP contribution in [0.3, 0.4) is 0 Å². The van der Waals surface area contributed by atoms with Crippen LogP contribution < -0.4 is 13.8 Å². The number of anilines is 1. The number of amides is 1. The standard InChI is InChI=1S/C22H26N2O5S/c1-17-6-5-11-23(15-17)22(25)16-24(30(26,27)19-7-3-2-4-8-19)18-9-10-20-21(14-18)29-13-12-28-20/h2-4,7-10,14,17H,5-6,11-13,15-16H2,1H3. The van der Waals surface area contributed by atoms with Crippen LogP contribution in [0.1, 0.15) is 19.8 Å². The van der Waals surface area contributed by atoms with Gasteiger partial charge in [-0.15, -0.1) is 0 Å². The third-order valence-electron chi connectivity index (χ3n) is 5.43. The Balaban J connectivity index is 1.69. The lowest BCUT2D eigenvalue weighted by molar-refractivity contribution is -0.131. The van der Waals surface area contributed by atoms with Gasteiger partial charge < -0.3 is 14.4 Å². The largest absolute Gasteiger partial charge is 0.486 e. The van der Waals surface area contributed by atoms with Crippen molar-refractivity contribution >= 4 is 21.6 Å². The topological polar surface area (TPSA) is 76.2 Å². The monoisotopic (exact) mass is 430 g/mol. The van der Waals surface area contributed by atoms with E-state index in [1.165, 1.54) is 16.4 Å². The Morgan fingerprint density at radius 3 is 2.57 bits per heavy atom. The molecule has 2 heterocycles. The first-order valence-corrected chi connectivity index (χ1v) is 11.6. The fourth-order valence-corrected chi connectivity index (χ4v) is 5.29. The fourth-order valence-electron chi connectivity index (χ4n) is 3.86. The molecule has 2 aliphatic heterocycles.